The van der Waals surface area contributed by atoms with Gasteiger partial charge in [0.05, 0.1) is 6.20 Å². The van der Waals surface area contributed by atoms with Crippen molar-refractivity contribution in [1.29, 1.82) is 0 Å². The molecule has 0 atom stereocenters. The van der Waals surface area contributed by atoms with Crippen LogP contribution in [-0.2, 0) is 0 Å². The molecule has 0 aliphatic carbocycles. The molecule has 0 fully saturated rings. The number of rotatable bonds is 4. The monoisotopic (exact) mass is 261 g/mol. The van der Waals surface area contributed by atoms with E-state index in [1.165, 1.54) is 11.3 Å². The van der Waals surface area contributed by atoms with E-state index in [4.69, 9.17) is 0 Å². The summed E-state index contributed by atoms with van der Waals surface area (Å²) in [6.07, 6.45) is 1.59. The Morgan fingerprint density at radius 2 is 2.00 bits per heavy atom. The number of hydrogen-bond donors (Lipinski definition) is 2. The Hall–Kier alpha value is -1.88. The minimum atomic E-state index is -0.129. The normalized spacial score (nSPS) is 10.4. The number of aromatic nitrogens is 1. The van der Waals surface area contributed by atoms with Gasteiger partial charge in [-0.3, -0.25) is 4.79 Å². The molecule has 0 saturated carbocycles. The summed E-state index contributed by atoms with van der Waals surface area (Å²) in [6, 6.07) is 9.69. The summed E-state index contributed by atoms with van der Waals surface area (Å²) in [5.41, 5.74) is 0.786. The molecule has 0 aliphatic rings. The smallest absolute Gasteiger partial charge is 0.267 e. The summed E-state index contributed by atoms with van der Waals surface area (Å²) in [7, 11) is 0. The Balaban J connectivity index is 2.03. The summed E-state index contributed by atoms with van der Waals surface area (Å²) in [4.78, 5) is 16.7. The van der Waals surface area contributed by atoms with E-state index in [1.807, 2.05) is 44.2 Å². The first-order valence-corrected chi connectivity index (χ1v) is 6.55. The molecule has 1 aromatic carbocycles. The molecule has 4 nitrogen and oxygen atoms in total. The van der Waals surface area contributed by atoms with Crippen molar-refractivity contribution < 1.29 is 4.79 Å². The number of anilines is 2. The van der Waals surface area contributed by atoms with Gasteiger partial charge in [-0.2, -0.15) is 0 Å². The predicted octanol–water partition coefficient (Wildman–Crippen LogP) is 3.22. The van der Waals surface area contributed by atoms with Gasteiger partial charge in [0.2, 0.25) is 0 Å². The van der Waals surface area contributed by atoms with Crippen LogP contribution in [0, 0.1) is 0 Å². The van der Waals surface area contributed by atoms with Gasteiger partial charge >= 0.3 is 0 Å². The lowest BCUT2D eigenvalue weighted by Gasteiger charge is -2.04. The van der Waals surface area contributed by atoms with Gasteiger partial charge in [0, 0.05) is 11.7 Å². The largest absolute Gasteiger partial charge is 0.359 e. The highest BCUT2D eigenvalue weighted by Gasteiger charge is 2.11. The van der Waals surface area contributed by atoms with Crippen molar-refractivity contribution in [2.75, 3.05) is 10.6 Å². The van der Waals surface area contributed by atoms with Gasteiger partial charge in [-0.15, -0.1) is 0 Å². The van der Waals surface area contributed by atoms with Gasteiger partial charge in [0.15, 0.2) is 5.13 Å². The van der Waals surface area contributed by atoms with E-state index in [0.717, 1.165) is 10.8 Å². The molecule has 18 heavy (non-hydrogen) atoms. The molecular weight excluding hydrogens is 246 g/mol. The van der Waals surface area contributed by atoms with E-state index < -0.39 is 0 Å². The van der Waals surface area contributed by atoms with Crippen LogP contribution in [0.15, 0.2) is 36.5 Å². The topological polar surface area (TPSA) is 54.0 Å². The number of hydrogen-bond acceptors (Lipinski definition) is 4. The van der Waals surface area contributed by atoms with Crippen molar-refractivity contribution in [3.63, 3.8) is 0 Å². The van der Waals surface area contributed by atoms with Gasteiger partial charge in [-0.1, -0.05) is 29.5 Å². The van der Waals surface area contributed by atoms with Crippen LogP contribution in [0.4, 0.5) is 10.8 Å². The predicted molar refractivity (Wildman–Crippen MR) is 75.3 cm³/mol. The number of carbonyl (C=O) groups excluding carboxylic acids is 1. The summed E-state index contributed by atoms with van der Waals surface area (Å²) >= 11 is 1.35. The number of amides is 1. The molecule has 94 valence electrons. The van der Waals surface area contributed by atoms with Crippen LogP contribution in [0.25, 0.3) is 0 Å². The van der Waals surface area contributed by atoms with Gasteiger partial charge in [-0.05, 0) is 26.0 Å². The van der Waals surface area contributed by atoms with Crippen LogP contribution in [0.5, 0.6) is 0 Å². The molecule has 5 heteroatoms. The lowest BCUT2D eigenvalue weighted by molar-refractivity contribution is 0.103. The zero-order chi connectivity index (χ0) is 13.0. The Morgan fingerprint density at radius 1 is 1.28 bits per heavy atom. The first-order valence-electron chi connectivity index (χ1n) is 5.74. The van der Waals surface area contributed by atoms with Crippen LogP contribution in [0.3, 0.4) is 0 Å². The lowest BCUT2D eigenvalue weighted by Crippen LogP contribution is -2.10. The van der Waals surface area contributed by atoms with Crippen LogP contribution >= 0.6 is 11.3 Å². The number of carbonyl (C=O) groups is 1. The van der Waals surface area contributed by atoms with Crippen molar-refractivity contribution in [2.45, 2.75) is 19.9 Å². The van der Waals surface area contributed by atoms with Crippen molar-refractivity contribution in [1.82, 2.24) is 4.98 Å². The fourth-order valence-corrected chi connectivity index (χ4v) is 2.26. The molecule has 1 amide bonds. The molecule has 2 rings (SSSR count). The molecule has 1 aromatic heterocycles. The maximum atomic E-state index is 11.9. The average Bonchev–Trinajstić information content (AvgIpc) is 2.78. The summed E-state index contributed by atoms with van der Waals surface area (Å²) in [5, 5.41) is 6.77. The van der Waals surface area contributed by atoms with E-state index in [2.05, 4.69) is 15.6 Å². The van der Waals surface area contributed by atoms with Crippen LogP contribution in [-0.4, -0.2) is 16.9 Å². The first-order chi connectivity index (χ1) is 8.65. The Kier molecular flexibility index (Phi) is 3.94. The Morgan fingerprint density at radius 3 is 2.67 bits per heavy atom. The molecule has 2 N–H and O–H groups in total. The fraction of sp³-hybridized carbons (Fsp3) is 0.231. The van der Waals surface area contributed by atoms with E-state index in [1.54, 1.807) is 6.20 Å². The number of thiazole rings is 1. The quantitative estimate of drug-likeness (QED) is 0.888. The van der Waals surface area contributed by atoms with Gasteiger partial charge in [0.25, 0.3) is 5.91 Å². The zero-order valence-corrected chi connectivity index (χ0v) is 11.1. The van der Waals surface area contributed by atoms with E-state index >= 15 is 0 Å². The second-order valence-electron chi connectivity index (χ2n) is 4.15. The molecule has 0 radical (unpaired) electrons. The zero-order valence-electron chi connectivity index (χ0n) is 10.3. The molecule has 0 saturated heterocycles. The SMILES string of the molecule is CC(C)Nc1ncc(C(=O)Nc2ccccc2)s1. The van der Waals surface area contributed by atoms with E-state index in [0.29, 0.717) is 10.9 Å². The third-order valence-corrected chi connectivity index (χ3v) is 3.10. The number of nitrogens with one attached hydrogen (secondary N) is 2. The highest BCUT2D eigenvalue weighted by Crippen LogP contribution is 2.20. The minimum absolute atomic E-state index is 0.129. The van der Waals surface area contributed by atoms with E-state index in [9.17, 15) is 4.79 Å². The maximum Gasteiger partial charge on any atom is 0.267 e. The van der Waals surface area contributed by atoms with E-state index in [-0.39, 0.29) is 5.91 Å². The number of benzene rings is 1. The first kappa shape index (κ1) is 12.6. The molecule has 0 aliphatic heterocycles. The highest BCUT2D eigenvalue weighted by molar-refractivity contribution is 7.17. The van der Waals surface area contributed by atoms with Crippen molar-refractivity contribution >= 4 is 28.1 Å². The number of para-hydroxylation sites is 1. The van der Waals surface area contributed by atoms with Crippen molar-refractivity contribution in [2.24, 2.45) is 0 Å². The third kappa shape index (κ3) is 3.30. The second-order valence-corrected chi connectivity index (χ2v) is 5.18. The summed E-state index contributed by atoms with van der Waals surface area (Å²) < 4.78 is 0. The molecule has 0 bridgehead atoms. The minimum Gasteiger partial charge on any atom is -0.359 e. The average molecular weight is 261 g/mol. The molecule has 0 spiro atoms. The summed E-state index contributed by atoms with van der Waals surface area (Å²) in [5.74, 6) is -0.129. The molecule has 0 unspecified atom stereocenters. The van der Waals surface area contributed by atoms with Gasteiger partial charge in [0.1, 0.15) is 4.88 Å². The van der Waals surface area contributed by atoms with Crippen LogP contribution in [0.1, 0.15) is 23.5 Å². The van der Waals surface area contributed by atoms with Gasteiger partial charge < -0.3 is 10.6 Å². The molecule has 2 aromatic rings. The Labute approximate surface area is 110 Å². The molecule has 1 heterocycles. The fourth-order valence-electron chi connectivity index (χ4n) is 1.41. The van der Waals surface area contributed by atoms with Crippen molar-refractivity contribution in [3.05, 3.63) is 41.4 Å². The van der Waals surface area contributed by atoms with Gasteiger partial charge in [-0.25, -0.2) is 4.98 Å². The summed E-state index contributed by atoms with van der Waals surface area (Å²) in [6.45, 7) is 4.07. The maximum absolute atomic E-state index is 11.9. The third-order valence-electron chi connectivity index (χ3n) is 2.17. The lowest BCUT2D eigenvalue weighted by atomic mass is 10.3. The highest BCUT2D eigenvalue weighted by atomic mass is 32.1. The Bertz CT molecular complexity index is 522. The van der Waals surface area contributed by atoms with Crippen molar-refractivity contribution in [3.8, 4) is 0 Å². The van der Waals surface area contributed by atoms with Crippen LogP contribution < -0.4 is 10.6 Å². The molecular formula is C13H15N3OS. The standard InChI is InChI=1S/C13H15N3OS/c1-9(2)15-13-14-8-11(18-13)12(17)16-10-6-4-3-5-7-10/h3-9H,1-2H3,(H,14,15)(H,16,17). The second kappa shape index (κ2) is 5.64. The number of nitrogens with zero attached hydrogens (tertiary/aromatic N) is 1. The van der Waals surface area contributed by atoms with Crippen LogP contribution in [0.2, 0.25) is 0 Å².